The van der Waals surface area contributed by atoms with Crippen LogP contribution in [0.1, 0.15) is 56.7 Å². The van der Waals surface area contributed by atoms with E-state index in [-0.39, 0.29) is 16.9 Å². The van der Waals surface area contributed by atoms with E-state index in [1.165, 1.54) is 12.4 Å². The molecule has 1 fully saturated rings. The molecule has 1 aliphatic rings. The fraction of sp³-hybridized carbons (Fsp3) is 0.667. The normalized spacial score (nSPS) is 21.7. The van der Waals surface area contributed by atoms with Crippen molar-refractivity contribution in [3.8, 4) is 0 Å². The van der Waals surface area contributed by atoms with Gasteiger partial charge in [0.05, 0.1) is 5.56 Å². The van der Waals surface area contributed by atoms with E-state index in [2.05, 4.69) is 18.8 Å². The second-order valence-corrected chi connectivity index (χ2v) is 6.49. The van der Waals surface area contributed by atoms with Gasteiger partial charge in [-0.15, -0.1) is 0 Å². The summed E-state index contributed by atoms with van der Waals surface area (Å²) in [6, 6.07) is 0.429. The Hall–Kier alpha value is -1.10. The van der Waals surface area contributed by atoms with Crippen LogP contribution in [0.2, 0.25) is 0 Å². The Morgan fingerprint density at radius 2 is 1.90 bits per heavy atom. The maximum absolute atomic E-state index is 13.0. The molecule has 1 aromatic heterocycles. The second kappa shape index (κ2) is 5.35. The highest BCUT2D eigenvalue weighted by Gasteiger charge is 2.37. The first-order valence-electron chi connectivity index (χ1n) is 6.97. The van der Waals surface area contributed by atoms with Gasteiger partial charge in [-0.2, -0.15) is 13.2 Å². The molecule has 2 nitrogen and oxygen atoms in total. The summed E-state index contributed by atoms with van der Waals surface area (Å²) in [5.41, 5.74) is 5.87. The molecule has 1 heterocycles. The number of nitrogens with two attached hydrogens (primary N) is 1. The molecule has 1 aliphatic carbocycles. The zero-order chi connectivity index (χ0) is 15.0. The highest BCUT2D eigenvalue weighted by atomic mass is 19.4. The molecular formula is C15H21F3N2. The van der Waals surface area contributed by atoms with E-state index in [1.54, 1.807) is 0 Å². The lowest BCUT2D eigenvalue weighted by Crippen LogP contribution is -2.30. The topological polar surface area (TPSA) is 38.9 Å². The van der Waals surface area contributed by atoms with Gasteiger partial charge in [0.25, 0.3) is 0 Å². The quantitative estimate of drug-likeness (QED) is 0.879. The van der Waals surface area contributed by atoms with E-state index in [4.69, 9.17) is 5.73 Å². The molecule has 0 aliphatic heterocycles. The van der Waals surface area contributed by atoms with E-state index >= 15 is 0 Å². The van der Waals surface area contributed by atoms with Gasteiger partial charge >= 0.3 is 6.18 Å². The van der Waals surface area contributed by atoms with Gasteiger partial charge in [0.15, 0.2) is 0 Å². The van der Waals surface area contributed by atoms with E-state index in [0.717, 1.165) is 31.7 Å². The number of rotatable bonds is 2. The van der Waals surface area contributed by atoms with E-state index in [9.17, 15) is 13.2 Å². The van der Waals surface area contributed by atoms with Gasteiger partial charge < -0.3 is 5.73 Å². The number of hydrogen-bond acceptors (Lipinski definition) is 2. The Morgan fingerprint density at radius 3 is 2.45 bits per heavy atom. The molecule has 1 aromatic rings. The van der Waals surface area contributed by atoms with Gasteiger partial charge in [-0.05, 0) is 48.6 Å². The van der Waals surface area contributed by atoms with Crippen molar-refractivity contribution in [3.63, 3.8) is 0 Å². The second-order valence-electron chi connectivity index (χ2n) is 6.49. The molecule has 0 saturated heterocycles. The number of aromatic nitrogens is 1. The molecule has 2 N–H and O–H groups in total. The van der Waals surface area contributed by atoms with Crippen molar-refractivity contribution < 1.29 is 13.2 Å². The maximum Gasteiger partial charge on any atom is 0.416 e. The molecule has 0 radical (unpaired) electrons. The summed E-state index contributed by atoms with van der Waals surface area (Å²) in [6.07, 6.45) is 1.83. The molecule has 5 heteroatoms. The summed E-state index contributed by atoms with van der Waals surface area (Å²) >= 11 is 0. The molecule has 1 unspecified atom stereocenters. The molecule has 0 amide bonds. The monoisotopic (exact) mass is 286 g/mol. The van der Waals surface area contributed by atoms with Gasteiger partial charge in [0.2, 0.25) is 0 Å². The van der Waals surface area contributed by atoms with Gasteiger partial charge in [-0.25, -0.2) is 0 Å². The molecule has 1 saturated carbocycles. The van der Waals surface area contributed by atoms with Crippen LogP contribution in [0.3, 0.4) is 0 Å². The van der Waals surface area contributed by atoms with Crippen molar-refractivity contribution in [2.24, 2.45) is 17.1 Å². The van der Waals surface area contributed by atoms with Crippen LogP contribution in [0.5, 0.6) is 0 Å². The number of pyridine rings is 1. The third kappa shape index (κ3) is 3.32. The minimum Gasteiger partial charge on any atom is -0.324 e. The summed E-state index contributed by atoms with van der Waals surface area (Å²) in [5.74, 6) is 0.105. The first-order chi connectivity index (χ1) is 9.21. The standard InChI is InChI=1S/C15H21F3N2/c1-14(2)6-3-10(4-7-14)13(19)11-9-20-8-5-12(11)15(16,17)18/h5,8-10,13H,3-4,6-7,19H2,1-2H3. The average molecular weight is 286 g/mol. The van der Waals surface area contributed by atoms with Crippen LogP contribution in [-0.4, -0.2) is 4.98 Å². The van der Waals surface area contributed by atoms with Crippen LogP contribution in [0.25, 0.3) is 0 Å². The minimum atomic E-state index is -4.37. The molecule has 112 valence electrons. The highest BCUT2D eigenvalue weighted by molar-refractivity contribution is 5.29. The first kappa shape index (κ1) is 15.3. The van der Waals surface area contributed by atoms with Gasteiger partial charge in [0, 0.05) is 18.4 Å². The molecular weight excluding hydrogens is 265 g/mol. The predicted molar refractivity (Wildman–Crippen MR) is 71.9 cm³/mol. The third-order valence-electron chi connectivity index (χ3n) is 4.41. The number of nitrogens with zero attached hydrogens (tertiary/aromatic N) is 1. The van der Waals surface area contributed by atoms with Gasteiger partial charge in [-0.1, -0.05) is 13.8 Å². The Balaban J connectivity index is 2.20. The summed E-state index contributed by atoms with van der Waals surface area (Å²) in [5, 5.41) is 0. The van der Waals surface area contributed by atoms with Gasteiger partial charge in [0.1, 0.15) is 0 Å². The third-order valence-corrected chi connectivity index (χ3v) is 4.41. The van der Waals surface area contributed by atoms with Crippen LogP contribution in [0.4, 0.5) is 13.2 Å². The number of halogens is 3. The van der Waals surface area contributed by atoms with Crippen molar-refractivity contribution in [2.75, 3.05) is 0 Å². The van der Waals surface area contributed by atoms with Crippen molar-refractivity contribution in [1.29, 1.82) is 0 Å². The number of hydrogen-bond donors (Lipinski definition) is 1. The van der Waals surface area contributed by atoms with Crippen molar-refractivity contribution in [1.82, 2.24) is 4.98 Å². The van der Waals surface area contributed by atoms with E-state index in [1.807, 2.05) is 0 Å². The van der Waals surface area contributed by atoms with Crippen molar-refractivity contribution in [2.45, 2.75) is 51.7 Å². The lowest BCUT2D eigenvalue weighted by atomic mass is 9.70. The Bertz CT molecular complexity index is 458. The molecule has 0 spiro atoms. The van der Waals surface area contributed by atoms with E-state index < -0.39 is 17.8 Å². The van der Waals surface area contributed by atoms with Crippen LogP contribution >= 0.6 is 0 Å². The Labute approximate surface area is 117 Å². The largest absolute Gasteiger partial charge is 0.416 e. The summed E-state index contributed by atoms with van der Waals surface area (Å²) in [7, 11) is 0. The Kier molecular flexibility index (Phi) is 4.09. The maximum atomic E-state index is 13.0. The molecule has 2 rings (SSSR count). The van der Waals surface area contributed by atoms with Crippen LogP contribution in [-0.2, 0) is 6.18 Å². The Morgan fingerprint density at radius 1 is 1.30 bits per heavy atom. The fourth-order valence-electron chi connectivity index (χ4n) is 2.97. The minimum absolute atomic E-state index is 0.105. The van der Waals surface area contributed by atoms with Crippen LogP contribution < -0.4 is 5.73 Å². The molecule has 1 atom stereocenters. The number of alkyl halides is 3. The average Bonchev–Trinajstić information content (AvgIpc) is 2.37. The zero-order valence-electron chi connectivity index (χ0n) is 11.9. The summed E-state index contributed by atoms with van der Waals surface area (Å²) in [4.78, 5) is 3.82. The van der Waals surface area contributed by atoms with Gasteiger partial charge in [-0.3, -0.25) is 4.98 Å². The summed E-state index contributed by atoms with van der Waals surface area (Å²) < 4.78 is 39.0. The smallest absolute Gasteiger partial charge is 0.324 e. The molecule has 0 bridgehead atoms. The van der Waals surface area contributed by atoms with Crippen LogP contribution in [0.15, 0.2) is 18.5 Å². The van der Waals surface area contributed by atoms with Crippen molar-refractivity contribution in [3.05, 3.63) is 29.6 Å². The zero-order valence-corrected chi connectivity index (χ0v) is 11.9. The highest BCUT2D eigenvalue weighted by Crippen LogP contribution is 2.43. The predicted octanol–water partition coefficient (Wildman–Crippen LogP) is 4.32. The lowest BCUT2D eigenvalue weighted by Gasteiger charge is -2.37. The molecule has 0 aromatic carbocycles. The fourth-order valence-corrected chi connectivity index (χ4v) is 2.97. The molecule has 20 heavy (non-hydrogen) atoms. The SMILES string of the molecule is CC1(C)CCC(C(N)c2cnccc2C(F)(F)F)CC1. The first-order valence-corrected chi connectivity index (χ1v) is 6.97. The summed E-state index contributed by atoms with van der Waals surface area (Å²) in [6.45, 7) is 4.39. The van der Waals surface area contributed by atoms with Crippen LogP contribution in [0, 0.1) is 11.3 Å². The van der Waals surface area contributed by atoms with Crippen molar-refractivity contribution >= 4 is 0 Å². The lowest BCUT2D eigenvalue weighted by molar-refractivity contribution is -0.138. The van der Waals surface area contributed by atoms with E-state index in [0.29, 0.717) is 0 Å².